The molecule has 0 saturated carbocycles. The lowest BCUT2D eigenvalue weighted by Gasteiger charge is -2.35. The number of amidine groups is 1. The molecule has 0 saturated heterocycles. The lowest BCUT2D eigenvalue weighted by Crippen LogP contribution is -2.44. The number of rotatable bonds is 1. The van der Waals surface area contributed by atoms with E-state index in [1.165, 1.54) is 22.9 Å². The second-order valence-electron chi connectivity index (χ2n) is 4.89. The zero-order valence-corrected chi connectivity index (χ0v) is 11.0. The van der Waals surface area contributed by atoms with Crippen molar-refractivity contribution < 1.29 is 5.41 Å². The van der Waals surface area contributed by atoms with Crippen molar-refractivity contribution in [3.05, 3.63) is 40.8 Å². The SMILES string of the molecule is CC1(C)Cc2ccccc2C(=CSC(N)=[NH2+])N1. The van der Waals surface area contributed by atoms with Crippen LogP contribution in [0.1, 0.15) is 25.0 Å². The van der Waals surface area contributed by atoms with E-state index in [9.17, 15) is 0 Å². The fraction of sp³-hybridized carbons (Fsp3) is 0.308. The van der Waals surface area contributed by atoms with E-state index in [4.69, 9.17) is 11.1 Å². The van der Waals surface area contributed by atoms with Crippen LogP contribution in [0.15, 0.2) is 29.7 Å². The fourth-order valence-corrected chi connectivity index (χ4v) is 2.55. The summed E-state index contributed by atoms with van der Waals surface area (Å²) in [6, 6.07) is 8.42. The van der Waals surface area contributed by atoms with Gasteiger partial charge in [0.1, 0.15) is 0 Å². The Hall–Kier alpha value is -1.42. The summed E-state index contributed by atoms with van der Waals surface area (Å²) in [4.78, 5) is 0. The fourth-order valence-electron chi connectivity index (χ4n) is 2.11. The third kappa shape index (κ3) is 2.82. The standard InChI is InChI=1S/C13H17N3S/c1-13(2)7-9-5-3-4-6-10(9)11(16-13)8-17-12(14)15/h3-6,8,16H,7H2,1-2H3,(H3,14,15)/p+1. The number of benzene rings is 1. The maximum absolute atomic E-state index is 5.48. The smallest absolute Gasteiger partial charge is 0.304 e. The lowest BCUT2D eigenvalue weighted by molar-refractivity contribution is -0.109. The Kier molecular flexibility index (Phi) is 3.15. The van der Waals surface area contributed by atoms with E-state index >= 15 is 0 Å². The quantitative estimate of drug-likeness (QED) is 0.507. The minimum atomic E-state index is 0.0596. The van der Waals surface area contributed by atoms with Gasteiger partial charge in [0, 0.05) is 22.2 Å². The second kappa shape index (κ2) is 4.45. The molecule has 0 atom stereocenters. The van der Waals surface area contributed by atoms with Gasteiger partial charge in [0.05, 0.1) is 0 Å². The van der Waals surface area contributed by atoms with Crippen molar-refractivity contribution in [3.63, 3.8) is 0 Å². The third-order valence-corrected chi connectivity index (χ3v) is 3.35. The average Bonchev–Trinajstić information content (AvgIpc) is 2.24. The molecule has 1 aliphatic rings. The number of hydrogen-bond donors (Lipinski definition) is 3. The maximum Gasteiger partial charge on any atom is 0.304 e. The largest absolute Gasteiger partial charge is 0.379 e. The summed E-state index contributed by atoms with van der Waals surface area (Å²) in [6.07, 6.45) is 1.02. The summed E-state index contributed by atoms with van der Waals surface area (Å²) in [5.74, 6) is 0. The molecular formula is C13H18N3S+. The zero-order valence-electron chi connectivity index (χ0n) is 10.2. The van der Waals surface area contributed by atoms with Gasteiger partial charge >= 0.3 is 5.17 Å². The van der Waals surface area contributed by atoms with E-state index in [-0.39, 0.29) is 5.54 Å². The Labute approximate surface area is 106 Å². The van der Waals surface area contributed by atoms with E-state index in [2.05, 4.69) is 37.4 Å². The number of fused-ring (bicyclic) bond motifs is 1. The molecule has 1 heterocycles. The van der Waals surface area contributed by atoms with Gasteiger partial charge in [-0.25, -0.2) is 0 Å². The Morgan fingerprint density at radius 1 is 1.47 bits per heavy atom. The summed E-state index contributed by atoms with van der Waals surface area (Å²) >= 11 is 1.35. The first-order valence-corrected chi connectivity index (χ1v) is 6.47. The van der Waals surface area contributed by atoms with Gasteiger partial charge in [-0.1, -0.05) is 24.3 Å². The molecule has 0 unspecified atom stereocenters. The molecule has 0 amide bonds. The van der Waals surface area contributed by atoms with Crippen molar-refractivity contribution in [2.45, 2.75) is 25.8 Å². The van der Waals surface area contributed by atoms with Gasteiger partial charge in [-0.15, -0.1) is 0 Å². The third-order valence-electron chi connectivity index (χ3n) is 2.73. The first-order valence-electron chi connectivity index (χ1n) is 5.59. The van der Waals surface area contributed by atoms with Crippen LogP contribution in [-0.4, -0.2) is 10.7 Å². The Balaban J connectivity index is 2.39. The first kappa shape index (κ1) is 12.0. The van der Waals surface area contributed by atoms with Crippen molar-refractivity contribution >= 4 is 22.6 Å². The van der Waals surface area contributed by atoms with Crippen LogP contribution in [0.2, 0.25) is 0 Å². The molecule has 2 rings (SSSR count). The summed E-state index contributed by atoms with van der Waals surface area (Å²) < 4.78 is 0. The monoisotopic (exact) mass is 248 g/mol. The molecule has 0 radical (unpaired) electrons. The molecule has 1 aromatic carbocycles. The zero-order chi connectivity index (χ0) is 12.5. The van der Waals surface area contributed by atoms with E-state index in [1.807, 2.05) is 11.5 Å². The second-order valence-corrected chi connectivity index (χ2v) is 5.84. The van der Waals surface area contributed by atoms with Crippen LogP contribution in [0.3, 0.4) is 0 Å². The highest BCUT2D eigenvalue weighted by molar-refractivity contribution is 8.16. The molecule has 0 aromatic heterocycles. The summed E-state index contributed by atoms with van der Waals surface area (Å²) in [6.45, 7) is 4.38. The lowest BCUT2D eigenvalue weighted by atomic mass is 9.86. The molecule has 1 aromatic rings. The van der Waals surface area contributed by atoms with Gasteiger partial charge in [-0.05, 0) is 37.6 Å². The highest BCUT2D eigenvalue weighted by atomic mass is 32.2. The van der Waals surface area contributed by atoms with E-state index in [0.717, 1.165) is 12.1 Å². The molecule has 0 fully saturated rings. The van der Waals surface area contributed by atoms with Gasteiger partial charge < -0.3 is 5.32 Å². The minimum Gasteiger partial charge on any atom is -0.379 e. The van der Waals surface area contributed by atoms with Crippen molar-refractivity contribution in [3.8, 4) is 0 Å². The van der Waals surface area contributed by atoms with Crippen molar-refractivity contribution in [2.24, 2.45) is 5.73 Å². The Bertz CT molecular complexity index is 477. The molecule has 3 nitrogen and oxygen atoms in total. The van der Waals surface area contributed by atoms with Gasteiger partial charge in [-0.2, -0.15) is 0 Å². The highest BCUT2D eigenvalue weighted by Gasteiger charge is 2.27. The minimum absolute atomic E-state index is 0.0596. The van der Waals surface area contributed by atoms with Crippen LogP contribution in [0.5, 0.6) is 0 Å². The van der Waals surface area contributed by atoms with Gasteiger partial charge in [0.2, 0.25) is 0 Å². The van der Waals surface area contributed by atoms with Crippen molar-refractivity contribution in [2.75, 3.05) is 0 Å². The molecule has 5 N–H and O–H groups in total. The molecule has 17 heavy (non-hydrogen) atoms. The molecule has 0 spiro atoms. The van der Waals surface area contributed by atoms with Gasteiger partial charge in [-0.3, -0.25) is 11.1 Å². The highest BCUT2D eigenvalue weighted by Crippen LogP contribution is 2.30. The van der Waals surface area contributed by atoms with Crippen LogP contribution in [0, 0.1) is 0 Å². The van der Waals surface area contributed by atoms with E-state index in [1.54, 1.807) is 0 Å². The molecule has 1 aliphatic heterocycles. The van der Waals surface area contributed by atoms with Crippen LogP contribution in [-0.2, 0) is 6.42 Å². The number of nitrogens with one attached hydrogen (secondary N) is 1. The van der Waals surface area contributed by atoms with Gasteiger partial charge in [0.25, 0.3) is 0 Å². The first-order chi connectivity index (χ1) is 7.98. The van der Waals surface area contributed by atoms with E-state index in [0.29, 0.717) is 5.17 Å². The van der Waals surface area contributed by atoms with Crippen LogP contribution in [0.4, 0.5) is 0 Å². The Morgan fingerprint density at radius 3 is 2.88 bits per heavy atom. The molecule has 0 bridgehead atoms. The summed E-state index contributed by atoms with van der Waals surface area (Å²) in [7, 11) is 0. The number of nitrogens with two attached hydrogens (primary N) is 2. The summed E-state index contributed by atoms with van der Waals surface area (Å²) in [5, 5.41) is 11.3. The van der Waals surface area contributed by atoms with Crippen LogP contribution < -0.4 is 16.5 Å². The molecule has 4 heteroatoms. The van der Waals surface area contributed by atoms with Gasteiger partial charge in [0.15, 0.2) is 0 Å². The van der Waals surface area contributed by atoms with Crippen LogP contribution in [0.25, 0.3) is 5.70 Å². The molecular weight excluding hydrogens is 230 g/mol. The predicted molar refractivity (Wildman–Crippen MR) is 74.0 cm³/mol. The molecule has 0 aliphatic carbocycles. The average molecular weight is 248 g/mol. The predicted octanol–water partition coefficient (Wildman–Crippen LogP) is 0.716. The molecule has 90 valence electrons. The number of thioether (sulfide) groups is 1. The van der Waals surface area contributed by atoms with Crippen LogP contribution >= 0.6 is 11.8 Å². The van der Waals surface area contributed by atoms with E-state index < -0.39 is 0 Å². The maximum atomic E-state index is 5.48. The van der Waals surface area contributed by atoms with Crippen molar-refractivity contribution in [1.29, 1.82) is 0 Å². The van der Waals surface area contributed by atoms with Crippen molar-refractivity contribution in [1.82, 2.24) is 5.32 Å². The Morgan fingerprint density at radius 2 is 2.18 bits per heavy atom. The summed E-state index contributed by atoms with van der Waals surface area (Å²) in [5.41, 5.74) is 9.23. The topological polar surface area (TPSA) is 63.6 Å². The normalized spacial score (nSPS) is 19.5. The number of hydrogen-bond acceptors (Lipinski definition) is 2.